The monoisotopic (exact) mass is 313 g/mol. The Hall–Kier alpha value is -0.840. The van der Waals surface area contributed by atoms with Gasteiger partial charge in [-0.25, -0.2) is 4.98 Å². The molecule has 5 heteroatoms. The van der Waals surface area contributed by atoms with Gasteiger partial charge in [-0.1, -0.05) is 23.7 Å². The molecule has 90 valence electrons. The Morgan fingerprint density at radius 2 is 2.00 bits per heavy atom. The molecule has 0 aliphatic heterocycles. The van der Waals surface area contributed by atoms with Crippen LogP contribution in [0.25, 0.3) is 11.3 Å². The molecule has 0 spiro atoms. The lowest BCUT2D eigenvalue weighted by Gasteiger charge is -1.99. The molecule has 1 aromatic carbocycles. The van der Waals surface area contributed by atoms with Crippen molar-refractivity contribution in [3.05, 3.63) is 39.7 Å². The fourth-order valence-electron chi connectivity index (χ4n) is 1.67. The van der Waals surface area contributed by atoms with Crippen molar-refractivity contribution in [2.75, 3.05) is 6.54 Å². The number of nitrogens with two attached hydrogens (primary N) is 1. The Bertz CT molecular complexity index is 519. The van der Waals surface area contributed by atoms with Gasteiger partial charge < -0.3 is 10.3 Å². The molecule has 1 heterocycles. The molecule has 0 radical (unpaired) electrons. The third-order valence-electron chi connectivity index (χ3n) is 2.60. The van der Waals surface area contributed by atoms with Gasteiger partial charge in [-0.15, -0.1) is 0 Å². The van der Waals surface area contributed by atoms with Crippen LogP contribution in [-0.4, -0.2) is 16.1 Å². The number of benzene rings is 1. The highest BCUT2D eigenvalue weighted by Gasteiger charge is 2.13. The van der Waals surface area contributed by atoms with Gasteiger partial charge >= 0.3 is 0 Å². The Morgan fingerprint density at radius 3 is 2.59 bits per heavy atom. The minimum atomic E-state index is 0.595. The molecular weight excluding hydrogens is 302 g/mol. The van der Waals surface area contributed by atoms with Crippen LogP contribution in [-0.2, 0) is 13.5 Å². The average Bonchev–Trinajstić information content (AvgIpc) is 2.59. The van der Waals surface area contributed by atoms with Crippen LogP contribution in [0.4, 0.5) is 0 Å². The topological polar surface area (TPSA) is 43.8 Å². The summed E-state index contributed by atoms with van der Waals surface area (Å²) >= 11 is 9.42. The van der Waals surface area contributed by atoms with Gasteiger partial charge in [-0.05, 0) is 34.6 Å². The molecule has 2 N–H and O–H groups in total. The quantitative estimate of drug-likeness (QED) is 0.946. The molecular formula is C12H13BrClN3. The van der Waals surface area contributed by atoms with Crippen molar-refractivity contribution in [1.82, 2.24) is 9.55 Å². The maximum absolute atomic E-state index is 5.87. The zero-order valence-electron chi connectivity index (χ0n) is 9.45. The lowest BCUT2D eigenvalue weighted by Crippen LogP contribution is -2.07. The molecule has 3 nitrogen and oxygen atoms in total. The SMILES string of the molecule is Cn1c(CCN)nc(-c2ccc(Cl)cc2)c1Br. The zero-order valence-corrected chi connectivity index (χ0v) is 11.8. The van der Waals surface area contributed by atoms with Crippen LogP contribution in [0.15, 0.2) is 28.9 Å². The maximum atomic E-state index is 5.87. The Morgan fingerprint density at radius 1 is 1.35 bits per heavy atom. The molecule has 1 aromatic heterocycles. The fraction of sp³-hybridized carbons (Fsp3) is 0.250. The predicted molar refractivity (Wildman–Crippen MR) is 74.1 cm³/mol. The third-order valence-corrected chi connectivity index (χ3v) is 3.76. The van der Waals surface area contributed by atoms with Crippen molar-refractivity contribution < 1.29 is 0 Å². The number of rotatable bonds is 3. The van der Waals surface area contributed by atoms with Crippen molar-refractivity contribution in [1.29, 1.82) is 0 Å². The van der Waals surface area contributed by atoms with Gasteiger partial charge in [0.25, 0.3) is 0 Å². The van der Waals surface area contributed by atoms with Crippen molar-refractivity contribution >= 4 is 27.5 Å². The van der Waals surface area contributed by atoms with Crippen LogP contribution in [0, 0.1) is 0 Å². The highest BCUT2D eigenvalue weighted by Crippen LogP contribution is 2.28. The van der Waals surface area contributed by atoms with E-state index in [-0.39, 0.29) is 0 Å². The second-order valence-corrected chi connectivity index (χ2v) is 4.96. The maximum Gasteiger partial charge on any atom is 0.112 e. The first-order chi connectivity index (χ1) is 8.13. The van der Waals surface area contributed by atoms with Crippen LogP contribution in [0.3, 0.4) is 0 Å². The van der Waals surface area contributed by atoms with E-state index < -0.39 is 0 Å². The summed E-state index contributed by atoms with van der Waals surface area (Å²) in [5, 5.41) is 0.725. The first kappa shape index (κ1) is 12.6. The van der Waals surface area contributed by atoms with E-state index in [1.807, 2.05) is 35.9 Å². The van der Waals surface area contributed by atoms with E-state index in [1.54, 1.807) is 0 Å². The number of nitrogens with zero attached hydrogens (tertiary/aromatic N) is 2. The van der Waals surface area contributed by atoms with Gasteiger partial charge in [0.1, 0.15) is 16.1 Å². The summed E-state index contributed by atoms with van der Waals surface area (Å²) in [5.74, 6) is 0.976. The molecule has 2 rings (SSSR count). The van der Waals surface area contributed by atoms with E-state index in [2.05, 4.69) is 20.9 Å². The van der Waals surface area contributed by atoms with Crippen molar-refractivity contribution in [3.63, 3.8) is 0 Å². The molecule has 0 saturated heterocycles. The van der Waals surface area contributed by atoms with Crippen molar-refractivity contribution in [3.8, 4) is 11.3 Å². The summed E-state index contributed by atoms with van der Waals surface area (Å²) in [7, 11) is 1.97. The second kappa shape index (κ2) is 5.21. The van der Waals surface area contributed by atoms with Gasteiger partial charge in [-0.3, -0.25) is 0 Å². The van der Waals surface area contributed by atoms with Gasteiger partial charge in [0.05, 0.1) is 0 Å². The summed E-state index contributed by atoms with van der Waals surface area (Å²) in [6.07, 6.45) is 0.767. The second-order valence-electron chi connectivity index (χ2n) is 3.77. The van der Waals surface area contributed by atoms with Crippen LogP contribution in [0.1, 0.15) is 5.82 Å². The van der Waals surface area contributed by atoms with Gasteiger partial charge in [-0.2, -0.15) is 0 Å². The summed E-state index contributed by atoms with van der Waals surface area (Å²) in [6.45, 7) is 0.595. The molecule has 0 aliphatic rings. The molecule has 0 atom stereocenters. The summed E-state index contributed by atoms with van der Waals surface area (Å²) in [6, 6.07) is 7.64. The molecule has 0 unspecified atom stereocenters. The number of hydrogen-bond donors (Lipinski definition) is 1. The van der Waals surface area contributed by atoms with E-state index in [9.17, 15) is 0 Å². The lowest BCUT2D eigenvalue weighted by atomic mass is 10.2. The Labute approximate surface area is 114 Å². The molecule has 0 aliphatic carbocycles. The van der Waals surface area contributed by atoms with Crippen LogP contribution in [0.2, 0.25) is 5.02 Å². The minimum Gasteiger partial charge on any atom is -0.330 e. The van der Waals surface area contributed by atoms with E-state index in [0.29, 0.717) is 6.54 Å². The van der Waals surface area contributed by atoms with E-state index >= 15 is 0 Å². The first-order valence-corrected chi connectivity index (χ1v) is 6.47. The Kier molecular flexibility index (Phi) is 3.86. The average molecular weight is 315 g/mol. The van der Waals surface area contributed by atoms with E-state index in [4.69, 9.17) is 17.3 Å². The number of hydrogen-bond acceptors (Lipinski definition) is 2. The molecule has 17 heavy (non-hydrogen) atoms. The smallest absolute Gasteiger partial charge is 0.112 e. The Balaban J connectivity index is 2.45. The van der Waals surface area contributed by atoms with Gasteiger partial charge in [0, 0.05) is 24.1 Å². The minimum absolute atomic E-state index is 0.595. The summed E-state index contributed by atoms with van der Waals surface area (Å²) in [4.78, 5) is 4.59. The summed E-state index contributed by atoms with van der Waals surface area (Å²) in [5.41, 5.74) is 7.53. The van der Waals surface area contributed by atoms with Crippen LogP contribution >= 0.6 is 27.5 Å². The zero-order chi connectivity index (χ0) is 12.4. The predicted octanol–water partition coefficient (Wildman–Crippen LogP) is 3.00. The molecule has 2 aromatic rings. The summed E-state index contributed by atoms with van der Waals surface area (Å²) < 4.78 is 2.97. The lowest BCUT2D eigenvalue weighted by molar-refractivity contribution is 0.767. The molecule has 0 amide bonds. The third kappa shape index (κ3) is 2.54. The normalized spacial score (nSPS) is 10.8. The van der Waals surface area contributed by atoms with Crippen LogP contribution in [0.5, 0.6) is 0 Å². The number of imidazole rings is 1. The van der Waals surface area contributed by atoms with Crippen molar-refractivity contribution in [2.24, 2.45) is 12.8 Å². The standard InChI is InChI=1S/C12H13BrClN3/c1-17-10(6-7-15)16-11(12(17)13)8-2-4-9(14)5-3-8/h2-5H,6-7,15H2,1H3. The van der Waals surface area contributed by atoms with Gasteiger partial charge in [0.15, 0.2) is 0 Å². The largest absolute Gasteiger partial charge is 0.330 e. The first-order valence-electron chi connectivity index (χ1n) is 5.30. The van der Waals surface area contributed by atoms with E-state index in [0.717, 1.165) is 33.1 Å². The van der Waals surface area contributed by atoms with Crippen molar-refractivity contribution in [2.45, 2.75) is 6.42 Å². The molecule has 0 fully saturated rings. The van der Waals surface area contributed by atoms with Gasteiger partial charge in [0.2, 0.25) is 0 Å². The van der Waals surface area contributed by atoms with E-state index in [1.165, 1.54) is 0 Å². The number of halogens is 2. The fourth-order valence-corrected chi connectivity index (χ4v) is 2.31. The number of aromatic nitrogens is 2. The molecule has 0 saturated carbocycles. The highest BCUT2D eigenvalue weighted by atomic mass is 79.9. The van der Waals surface area contributed by atoms with Crippen LogP contribution < -0.4 is 5.73 Å². The molecule has 0 bridgehead atoms. The highest BCUT2D eigenvalue weighted by molar-refractivity contribution is 9.10.